The van der Waals surface area contributed by atoms with Crippen LogP contribution < -0.4 is 4.90 Å². The Hall–Kier alpha value is -1.26. The van der Waals surface area contributed by atoms with Crippen LogP contribution in [0.4, 0.5) is 23.2 Å². The molecular weight excluding hydrogens is 246 g/mol. The molecule has 1 aromatic carbocycles. The van der Waals surface area contributed by atoms with Gasteiger partial charge in [0.1, 0.15) is 5.82 Å². The van der Waals surface area contributed by atoms with Crippen LogP contribution >= 0.6 is 0 Å². The van der Waals surface area contributed by atoms with Gasteiger partial charge in [-0.05, 0) is 23.6 Å². The number of nitrogens with zero attached hydrogens (tertiary/aromatic N) is 1. The molecule has 1 aliphatic heterocycles. The molecule has 0 aliphatic carbocycles. The van der Waals surface area contributed by atoms with E-state index in [0.29, 0.717) is 11.3 Å². The van der Waals surface area contributed by atoms with E-state index in [-0.39, 0.29) is 24.8 Å². The zero-order valence-electron chi connectivity index (χ0n) is 10.3. The van der Waals surface area contributed by atoms with E-state index in [1.807, 2.05) is 13.8 Å². The minimum atomic E-state index is -4.15. The smallest absolute Gasteiger partial charge is 0.370 e. The van der Waals surface area contributed by atoms with Crippen molar-refractivity contribution in [2.24, 2.45) is 5.92 Å². The highest BCUT2D eigenvalue weighted by atomic mass is 19.4. The average molecular weight is 261 g/mol. The standard InChI is InChI=1S/C13H15F4N/c1-8(2)11-4-3-10(5-12(11)14)18-6-9(7-18)13(15,16)17/h3-5,8-9H,6-7H2,1-2H3. The zero-order chi connectivity index (χ0) is 13.5. The van der Waals surface area contributed by atoms with Crippen LogP contribution in [0.1, 0.15) is 25.3 Å². The van der Waals surface area contributed by atoms with Crippen LogP contribution in [0.2, 0.25) is 0 Å². The number of rotatable bonds is 2. The first-order chi connectivity index (χ1) is 8.29. The summed E-state index contributed by atoms with van der Waals surface area (Å²) < 4.78 is 50.7. The predicted octanol–water partition coefficient (Wildman–Crippen LogP) is 3.95. The second-order valence-corrected chi connectivity index (χ2v) is 5.00. The van der Waals surface area contributed by atoms with Crippen molar-refractivity contribution in [1.29, 1.82) is 0 Å². The Bertz CT molecular complexity index is 433. The van der Waals surface area contributed by atoms with Crippen LogP contribution in [0.5, 0.6) is 0 Å². The van der Waals surface area contributed by atoms with Crippen LogP contribution in [0.15, 0.2) is 18.2 Å². The molecule has 2 rings (SSSR count). The summed E-state index contributed by atoms with van der Waals surface area (Å²) in [7, 11) is 0. The van der Waals surface area contributed by atoms with Crippen molar-refractivity contribution in [3.05, 3.63) is 29.6 Å². The van der Waals surface area contributed by atoms with Gasteiger partial charge in [0.15, 0.2) is 0 Å². The van der Waals surface area contributed by atoms with E-state index in [1.54, 1.807) is 17.0 Å². The van der Waals surface area contributed by atoms with E-state index < -0.39 is 12.1 Å². The molecule has 0 spiro atoms. The van der Waals surface area contributed by atoms with Crippen molar-refractivity contribution in [2.75, 3.05) is 18.0 Å². The van der Waals surface area contributed by atoms with Gasteiger partial charge in [-0.15, -0.1) is 0 Å². The molecule has 0 bridgehead atoms. The number of benzene rings is 1. The minimum absolute atomic E-state index is 0.0679. The first kappa shape index (κ1) is 13.2. The predicted molar refractivity (Wildman–Crippen MR) is 62.2 cm³/mol. The molecular formula is C13H15F4N. The van der Waals surface area contributed by atoms with Crippen LogP contribution in [0.3, 0.4) is 0 Å². The van der Waals surface area contributed by atoms with Crippen molar-refractivity contribution in [3.8, 4) is 0 Å². The Morgan fingerprint density at radius 2 is 1.83 bits per heavy atom. The van der Waals surface area contributed by atoms with Crippen LogP contribution in [0, 0.1) is 11.7 Å². The van der Waals surface area contributed by atoms with Crippen LogP contribution in [-0.4, -0.2) is 19.3 Å². The topological polar surface area (TPSA) is 3.24 Å². The lowest BCUT2D eigenvalue weighted by Crippen LogP contribution is -2.53. The minimum Gasteiger partial charge on any atom is -0.370 e. The summed E-state index contributed by atoms with van der Waals surface area (Å²) in [5.41, 5.74) is 1.11. The van der Waals surface area contributed by atoms with E-state index in [9.17, 15) is 17.6 Å². The number of anilines is 1. The van der Waals surface area contributed by atoms with Gasteiger partial charge >= 0.3 is 6.18 Å². The molecule has 1 saturated heterocycles. The third-order valence-corrected chi connectivity index (χ3v) is 3.32. The van der Waals surface area contributed by atoms with Crippen molar-refractivity contribution in [1.82, 2.24) is 0 Å². The van der Waals surface area contributed by atoms with Gasteiger partial charge in [0.25, 0.3) is 0 Å². The quantitative estimate of drug-likeness (QED) is 0.729. The van der Waals surface area contributed by atoms with Gasteiger partial charge in [0.2, 0.25) is 0 Å². The highest BCUT2D eigenvalue weighted by molar-refractivity contribution is 5.51. The van der Waals surface area contributed by atoms with Crippen molar-refractivity contribution >= 4 is 5.69 Å². The third kappa shape index (κ3) is 2.44. The van der Waals surface area contributed by atoms with Gasteiger partial charge in [-0.3, -0.25) is 0 Å². The Kier molecular flexibility index (Phi) is 3.25. The Morgan fingerprint density at radius 3 is 2.28 bits per heavy atom. The summed E-state index contributed by atoms with van der Waals surface area (Å²) >= 11 is 0. The summed E-state index contributed by atoms with van der Waals surface area (Å²) in [4.78, 5) is 1.55. The SMILES string of the molecule is CC(C)c1ccc(N2CC(C(F)(F)F)C2)cc1F. The first-order valence-electron chi connectivity index (χ1n) is 5.90. The maximum absolute atomic E-state index is 13.7. The fraction of sp³-hybridized carbons (Fsp3) is 0.538. The molecule has 0 saturated carbocycles. The molecule has 1 aliphatic rings. The third-order valence-electron chi connectivity index (χ3n) is 3.32. The van der Waals surface area contributed by atoms with E-state index in [1.165, 1.54) is 6.07 Å². The lowest BCUT2D eigenvalue weighted by Gasteiger charge is -2.41. The van der Waals surface area contributed by atoms with Crippen LogP contribution in [-0.2, 0) is 0 Å². The summed E-state index contributed by atoms with van der Waals surface area (Å²) in [5, 5.41) is 0. The maximum Gasteiger partial charge on any atom is 0.395 e. The summed E-state index contributed by atoms with van der Waals surface area (Å²) in [5.74, 6) is -1.57. The highest BCUT2D eigenvalue weighted by Crippen LogP contribution is 2.36. The van der Waals surface area contributed by atoms with E-state index >= 15 is 0 Å². The number of hydrogen-bond donors (Lipinski definition) is 0. The highest BCUT2D eigenvalue weighted by Gasteiger charge is 2.47. The molecule has 1 aromatic rings. The van der Waals surface area contributed by atoms with Gasteiger partial charge in [-0.1, -0.05) is 19.9 Å². The lowest BCUT2D eigenvalue weighted by atomic mass is 9.97. The molecule has 1 fully saturated rings. The van der Waals surface area contributed by atoms with Gasteiger partial charge in [-0.2, -0.15) is 13.2 Å². The molecule has 0 N–H and O–H groups in total. The molecule has 0 radical (unpaired) electrons. The summed E-state index contributed by atoms with van der Waals surface area (Å²) in [6, 6.07) is 4.66. The van der Waals surface area contributed by atoms with Crippen molar-refractivity contribution < 1.29 is 17.6 Å². The molecule has 5 heteroatoms. The number of halogens is 4. The summed E-state index contributed by atoms with van der Waals surface area (Å²) in [6.45, 7) is 3.59. The molecule has 18 heavy (non-hydrogen) atoms. The Labute approximate surface area is 103 Å². The zero-order valence-corrected chi connectivity index (χ0v) is 10.3. The molecule has 0 unspecified atom stereocenters. The second kappa shape index (κ2) is 4.44. The van der Waals surface area contributed by atoms with E-state index in [4.69, 9.17) is 0 Å². The van der Waals surface area contributed by atoms with E-state index in [0.717, 1.165) is 0 Å². The number of alkyl halides is 3. The Morgan fingerprint density at radius 1 is 1.22 bits per heavy atom. The molecule has 1 heterocycles. The van der Waals surface area contributed by atoms with Crippen LogP contribution in [0.25, 0.3) is 0 Å². The second-order valence-electron chi connectivity index (χ2n) is 5.00. The monoisotopic (exact) mass is 261 g/mol. The number of hydrogen-bond acceptors (Lipinski definition) is 1. The maximum atomic E-state index is 13.7. The molecule has 100 valence electrons. The lowest BCUT2D eigenvalue weighted by molar-refractivity contribution is -0.180. The molecule has 0 aromatic heterocycles. The molecule has 1 nitrogen and oxygen atoms in total. The fourth-order valence-corrected chi connectivity index (χ4v) is 2.08. The largest absolute Gasteiger partial charge is 0.395 e. The van der Waals surface area contributed by atoms with Gasteiger partial charge in [-0.25, -0.2) is 4.39 Å². The van der Waals surface area contributed by atoms with Gasteiger partial charge < -0.3 is 4.90 Å². The Balaban J connectivity index is 2.07. The summed E-state index contributed by atoms with van der Waals surface area (Å²) in [6.07, 6.45) is -4.15. The van der Waals surface area contributed by atoms with E-state index in [2.05, 4.69) is 0 Å². The first-order valence-corrected chi connectivity index (χ1v) is 5.90. The van der Waals surface area contributed by atoms with Gasteiger partial charge in [0.05, 0.1) is 5.92 Å². The van der Waals surface area contributed by atoms with Crippen molar-refractivity contribution in [3.63, 3.8) is 0 Å². The fourth-order valence-electron chi connectivity index (χ4n) is 2.08. The average Bonchev–Trinajstić information content (AvgIpc) is 2.11. The van der Waals surface area contributed by atoms with Crippen molar-refractivity contribution in [2.45, 2.75) is 25.9 Å². The van der Waals surface area contributed by atoms with Gasteiger partial charge in [0, 0.05) is 18.8 Å². The molecule has 0 amide bonds. The normalized spacial score (nSPS) is 17.2. The molecule has 0 atom stereocenters.